The molecule has 5 heteroatoms. The predicted molar refractivity (Wildman–Crippen MR) is 168 cm³/mol. The van der Waals surface area contributed by atoms with E-state index in [0.717, 1.165) is 51.9 Å². The molecule has 5 nitrogen and oxygen atoms in total. The number of rotatable bonds is 28. The molecule has 2 aliphatic heterocycles. The molecule has 0 aromatic rings. The Morgan fingerprint density at radius 2 is 0.821 bits per heavy atom. The molecule has 3 N–H and O–H groups in total. The van der Waals surface area contributed by atoms with Gasteiger partial charge in [-0.2, -0.15) is 0 Å². The zero-order valence-electron chi connectivity index (χ0n) is 26.4. The monoisotopic (exact) mass is 552 g/mol. The van der Waals surface area contributed by atoms with Gasteiger partial charge >= 0.3 is 0 Å². The summed E-state index contributed by atoms with van der Waals surface area (Å²) >= 11 is 0. The van der Waals surface area contributed by atoms with E-state index in [0.29, 0.717) is 12.3 Å². The molecule has 0 aromatic carbocycles. The van der Waals surface area contributed by atoms with Crippen LogP contribution < -0.4 is 5.32 Å². The van der Waals surface area contributed by atoms with E-state index in [1.165, 1.54) is 128 Å². The van der Waals surface area contributed by atoms with Gasteiger partial charge in [-0.1, -0.05) is 142 Å². The molecule has 4 unspecified atom stereocenters. The Hall–Kier alpha value is -0.200. The molecule has 2 fully saturated rings. The lowest BCUT2D eigenvalue weighted by Gasteiger charge is -2.50. The summed E-state index contributed by atoms with van der Waals surface area (Å²) in [6.07, 6.45) is 31.6. The number of aliphatic hydroxyl groups excluding tert-OH is 2. The number of aliphatic hydroxyl groups is 2. The number of hydrogen-bond acceptors (Lipinski definition) is 5. The summed E-state index contributed by atoms with van der Waals surface area (Å²) in [5.74, 6) is 0. The molecule has 2 heterocycles. The van der Waals surface area contributed by atoms with Crippen molar-refractivity contribution >= 4 is 0 Å². The molecular formula is C34H69N3O2. The second kappa shape index (κ2) is 23.4. The predicted octanol–water partition coefficient (Wildman–Crippen LogP) is 7.98. The van der Waals surface area contributed by atoms with Gasteiger partial charge in [0, 0.05) is 26.2 Å². The van der Waals surface area contributed by atoms with Gasteiger partial charge in [0.1, 0.15) is 0 Å². The van der Waals surface area contributed by atoms with Crippen molar-refractivity contribution in [1.29, 1.82) is 0 Å². The maximum Gasteiger partial charge on any atom is 0.0667 e. The summed E-state index contributed by atoms with van der Waals surface area (Å²) < 4.78 is 0. The van der Waals surface area contributed by atoms with Crippen LogP contribution in [0.5, 0.6) is 0 Å². The average molecular weight is 552 g/mol. The van der Waals surface area contributed by atoms with E-state index in [-0.39, 0.29) is 12.2 Å². The Morgan fingerprint density at radius 1 is 0.513 bits per heavy atom. The minimum Gasteiger partial charge on any atom is -0.392 e. The Labute approximate surface area is 243 Å². The van der Waals surface area contributed by atoms with Crippen LogP contribution in [0.4, 0.5) is 0 Å². The minimum atomic E-state index is -0.191. The molecule has 2 saturated heterocycles. The zero-order chi connectivity index (χ0) is 28.0. The van der Waals surface area contributed by atoms with Gasteiger partial charge in [-0.25, -0.2) is 0 Å². The quantitative estimate of drug-likeness (QED) is 0.0861. The molecule has 2 rings (SSSR count). The van der Waals surface area contributed by atoms with Crippen molar-refractivity contribution in [3.8, 4) is 0 Å². The standard InChI is InChI=1S/C34H69N3O2/c1-3-5-7-9-11-13-15-17-19-21-23-31(38)29-36-27-25-33(36)35-34-26-28-37(34)30-32(39)24-22-20-18-16-14-12-10-8-6-4-2/h31-35,38-39H,3-30H2,1-2H3. The van der Waals surface area contributed by atoms with Crippen LogP contribution in [0, 0.1) is 0 Å². The maximum absolute atomic E-state index is 10.6. The summed E-state index contributed by atoms with van der Waals surface area (Å²) in [7, 11) is 0. The van der Waals surface area contributed by atoms with Gasteiger partial charge in [0.05, 0.1) is 24.5 Å². The zero-order valence-corrected chi connectivity index (χ0v) is 26.4. The highest BCUT2D eigenvalue weighted by molar-refractivity contribution is 4.90. The fourth-order valence-corrected chi connectivity index (χ4v) is 6.38. The second-order valence-corrected chi connectivity index (χ2v) is 13.0. The largest absolute Gasteiger partial charge is 0.392 e. The lowest BCUT2D eigenvalue weighted by Crippen LogP contribution is -2.67. The highest BCUT2D eigenvalue weighted by Gasteiger charge is 2.36. The summed E-state index contributed by atoms with van der Waals surface area (Å²) in [6, 6.07) is 0. The Balaban J connectivity index is 1.43. The first-order valence-electron chi connectivity index (χ1n) is 17.7. The van der Waals surface area contributed by atoms with E-state index in [1.54, 1.807) is 0 Å². The van der Waals surface area contributed by atoms with Crippen LogP contribution in [0.3, 0.4) is 0 Å². The van der Waals surface area contributed by atoms with Crippen LogP contribution in [0.25, 0.3) is 0 Å². The first-order chi connectivity index (χ1) is 19.1. The first-order valence-corrected chi connectivity index (χ1v) is 17.7. The molecule has 0 bridgehead atoms. The number of hydrogen-bond donors (Lipinski definition) is 3. The van der Waals surface area contributed by atoms with Crippen molar-refractivity contribution in [3.05, 3.63) is 0 Å². The Kier molecular flexibility index (Phi) is 21.0. The Morgan fingerprint density at radius 3 is 1.10 bits per heavy atom. The molecule has 0 saturated carbocycles. The van der Waals surface area contributed by atoms with Crippen LogP contribution >= 0.6 is 0 Å². The van der Waals surface area contributed by atoms with Crippen LogP contribution in [0.15, 0.2) is 0 Å². The van der Waals surface area contributed by atoms with E-state index >= 15 is 0 Å². The fourth-order valence-electron chi connectivity index (χ4n) is 6.38. The molecule has 2 aliphatic rings. The number of nitrogens with one attached hydrogen (secondary N) is 1. The fraction of sp³-hybridized carbons (Fsp3) is 1.00. The van der Waals surface area contributed by atoms with Crippen molar-refractivity contribution in [3.63, 3.8) is 0 Å². The molecule has 39 heavy (non-hydrogen) atoms. The lowest BCUT2D eigenvalue weighted by atomic mass is 10.0. The third kappa shape index (κ3) is 16.7. The normalized spacial score (nSPS) is 21.5. The highest BCUT2D eigenvalue weighted by atomic mass is 16.3. The van der Waals surface area contributed by atoms with Gasteiger partial charge in [-0.05, 0) is 25.7 Å². The number of unbranched alkanes of at least 4 members (excludes halogenated alkanes) is 18. The second-order valence-electron chi connectivity index (χ2n) is 13.0. The van der Waals surface area contributed by atoms with Crippen molar-refractivity contribution in [2.24, 2.45) is 0 Å². The third-order valence-corrected chi connectivity index (χ3v) is 9.32. The number of likely N-dealkylation sites (tertiary alicyclic amines) is 2. The molecule has 0 radical (unpaired) electrons. The van der Waals surface area contributed by atoms with E-state index in [2.05, 4.69) is 29.0 Å². The molecule has 4 atom stereocenters. The summed E-state index contributed by atoms with van der Waals surface area (Å²) in [4.78, 5) is 4.86. The van der Waals surface area contributed by atoms with Gasteiger partial charge in [-0.3, -0.25) is 15.1 Å². The van der Waals surface area contributed by atoms with Gasteiger partial charge in [0.2, 0.25) is 0 Å². The molecule has 0 aromatic heterocycles. The van der Waals surface area contributed by atoms with Crippen LogP contribution in [0.2, 0.25) is 0 Å². The summed E-state index contributed by atoms with van der Waals surface area (Å²) in [5, 5.41) is 25.0. The molecule has 232 valence electrons. The van der Waals surface area contributed by atoms with Gasteiger partial charge in [0.25, 0.3) is 0 Å². The van der Waals surface area contributed by atoms with Crippen molar-refractivity contribution in [2.45, 2.75) is 192 Å². The first kappa shape index (κ1) is 35.0. The van der Waals surface area contributed by atoms with Crippen LogP contribution in [-0.4, -0.2) is 70.7 Å². The van der Waals surface area contributed by atoms with E-state index in [4.69, 9.17) is 0 Å². The number of nitrogens with zero attached hydrogens (tertiary/aromatic N) is 2. The average Bonchev–Trinajstić information content (AvgIpc) is 2.91. The number of β-amino-alcohol motifs (C(OH)–C–C–N with tert-alkyl or cyclic N) is 2. The SMILES string of the molecule is CCCCCCCCCCCCC(O)CN1CCC1NC1CCN1CC(O)CCCCCCCCCCCC. The van der Waals surface area contributed by atoms with Crippen LogP contribution in [-0.2, 0) is 0 Å². The van der Waals surface area contributed by atoms with Crippen LogP contribution in [0.1, 0.15) is 168 Å². The highest BCUT2D eigenvalue weighted by Crippen LogP contribution is 2.23. The van der Waals surface area contributed by atoms with Gasteiger partial charge < -0.3 is 10.2 Å². The van der Waals surface area contributed by atoms with E-state index < -0.39 is 0 Å². The van der Waals surface area contributed by atoms with Gasteiger partial charge in [0.15, 0.2) is 0 Å². The molecule has 0 aliphatic carbocycles. The topological polar surface area (TPSA) is 59.0 Å². The Bertz CT molecular complexity index is 503. The van der Waals surface area contributed by atoms with E-state index in [1.807, 2.05) is 0 Å². The maximum atomic E-state index is 10.6. The third-order valence-electron chi connectivity index (χ3n) is 9.32. The van der Waals surface area contributed by atoms with Crippen molar-refractivity contribution < 1.29 is 10.2 Å². The summed E-state index contributed by atoms with van der Waals surface area (Å²) in [6.45, 7) is 8.37. The van der Waals surface area contributed by atoms with Gasteiger partial charge in [-0.15, -0.1) is 0 Å². The van der Waals surface area contributed by atoms with Crippen molar-refractivity contribution in [2.75, 3.05) is 26.2 Å². The molecule has 0 spiro atoms. The minimum absolute atomic E-state index is 0.191. The summed E-state index contributed by atoms with van der Waals surface area (Å²) in [5.41, 5.74) is 0. The molecular weight excluding hydrogens is 482 g/mol. The smallest absolute Gasteiger partial charge is 0.0667 e. The lowest BCUT2D eigenvalue weighted by molar-refractivity contribution is -0.0456. The molecule has 0 amide bonds. The van der Waals surface area contributed by atoms with E-state index in [9.17, 15) is 10.2 Å². The van der Waals surface area contributed by atoms with Crippen molar-refractivity contribution in [1.82, 2.24) is 15.1 Å².